The number of hydrogen-bond donors (Lipinski definition) is 1. The highest BCUT2D eigenvalue weighted by Crippen LogP contribution is 2.38. The molecule has 0 bridgehead atoms. The second-order valence-electron chi connectivity index (χ2n) is 7.14. The number of likely N-dealkylation sites (tertiary alicyclic amines) is 1. The molecule has 1 aliphatic rings. The van der Waals surface area contributed by atoms with E-state index in [0.29, 0.717) is 12.8 Å². The molecule has 0 amide bonds. The monoisotopic (exact) mass is 423 g/mol. The van der Waals surface area contributed by atoms with Gasteiger partial charge in [-0.2, -0.15) is 0 Å². The van der Waals surface area contributed by atoms with Crippen LogP contribution in [-0.2, 0) is 4.79 Å². The third kappa shape index (κ3) is 3.64. The molecule has 138 valence electrons. The number of carboxylic acids is 1. The Bertz CT molecular complexity index is 958. The minimum atomic E-state index is -0.669. The quantitative estimate of drug-likeness (QED) is 0.602. The molecule has 1 N–H and O–H groups in total. The molecule has 3 nitrogen and oxygen atoms in total. The molecule has 0 aromatic heterocycles. The Morgan fingerprint density at radius 1 is 0.926 bits per heavy atom. The van der Waals surface area contributed by atoms with Crippen molar-refractivity contribution in [2.75, 3.05) is 13.1 Å². The number of carbonyl (C=O) groups is 1. The summed E-state index contributed by atoms with van der Waals surface area (Å²) < 4.78 is 1.09. The summed E-state index contributed by atoms with van der Waals surface area (Å²) in [6, 6.07) is 23.4. The molecule has 0 aliphatic carbocycles. The Kier molecular flexibility index (Phi) is 5.28. The predicted molar refractivity (Wildman–Crippen MR) is 112 cm³/mol. The molecule has 0 spiro atoms. The minimum Gasteiger partial charge on any atom is -0.481 e. The fourth-order valence-corrected chi connectivity index (χ4v) is 4.65. The van der Waals surface area contributed by atoms with Crippen LogP contribution in [0.3, 0.4) is 0 Å². The summed E-state index contributed by atoms with van der Waals surface area (Å²) in [5.41, 5.74) is 2.50. The molecule has 1 fully saturated rings. The fraction of sp³-hybridized carbons (Fsp3) is 0.261. The highest BCUT2D eigenvalue weighted by molar-refractivity contribution is 9.10. The Labute approximate surface area is 167 Å². The molecule has 1 atom stereocenters. The summed E-state index contributed by atoms with van der Waals surface area (Å²) in [6.07, 6.45) is 1.39. The zero-order valence-corrected chi connectivity index (χ0v) is 16.6. The van der Waals surface area contributed by atoms with Crippen LogP contribution < -0.4 is 0 Å². The summed E-state index contributed by atoms with van der Waals surface area (Å²) >= 11 is 3.74. The Morgan fingerprint density at radius 2 is 1.56 bits per heavy atom. The van der Waals surface area contributed by atoms with Crippen molar-refractivity contribution in [3.8, 4) is 0 Å². The van der Waals surface area contributed by atoms with E-state index in [4.69, 9.17) is 0 Å². The zero-order chi connectivity index (χ0) is 18.8. The van der Waals surface area contributed by atoms with E-state index >= 15 is 0 Å². The number of fused-ring (bicyclic) bond motifs is 1. The van der Waals surface area contributed by atoms with E-state index in [1.165, 1.54) is 21.9 Å². The van der Waals surface area contributed by atoms with E-state index in [2.05, 4.69) is 81.5 Å². The number of piperidine rings is 1. The Hall–Kier alpha value is -2.17. The van der Waals surface area contributed by atoms with Gasteiger partial charge in [0.2, 0.25) is 0 Å². The molecular formula is C23H22BrNO2. The molecule has 3 aromatic rings. The van der Waals surface area contributed by atoms with E-state index < -0.39 is 5.97 Å². The van der Waals surface area contributed by atoms with Crippen LogP contribution in [-0.4, -0.2) is 29.1 Å². The first-order chi connectivity index (χ1) is 13.1. The Morgan fingerprint density at radius 3 is 2.30 bits per heavy atom. The van der Waals surface area contributed by atoms with Gasteiger partial charge in [-0.25, -0.2) is 0 Å². The molecule has 27 heavy (non-hydrogen) atoms. The average Bonchev–Trinajstić information content (AvgIpc) is 2.70. The molecule has 4 rings (SSSR count). The second kappa shape index (κ2) is 7.83. The van der Waals surface area contributed by atoms with Crippen molar-refractivity contribution in [1.29, 1.82) is 0 Å². The molecule has 1 heterocycles. The number of hydrogen-bond acceptors (Lipinski definition) is 2. The van der Waals surface area contributed by atoms with Crippen LogP contribution in [0.25, 0.3) is 10.8 Å². The van der Waals surface area contributed by atoms with Gasteiger partial charge in [-0.15, -0.1) is 0 Å². The Balaban J connectivity index is 1.80. The van der Waals surface area contributed by atoms with E-state index in [9.17, 15) is 9.90 Å². The normalized spacial score (nSPS) is 17.1. The van der Waals surface area contributed by atoms with Gasteiger partial charge >= 0.3 is 5.97 Å². The smallest absolute Gasteiger partial charge is 0.306 e. The van der Waals surface area contributed by atoms with Gasteiger partial charge < -0.3 is 5.11 Å². The third-order valence-corrected chi connectivity index (χ3v) is 6.28. The van der Waals surface area contributed by atoms with Gasteiger partial charge in [0.25, 0.3) is 0 Å². The summed E-state index contributed by atoms with van der Waals surface area (Å²) in [6.45, 7) is 1.57. The topological polar surface area (TPSA) is 40.5 Å². The summed E-state index contributed by atoms with van der Waals surface area (Å²) in [7, 11) is 0. The molecule has 1 unspecified atom stereocenters. The molecular weight excluding hydrogens is 402 g/mol. The van der Waals surface area contributed by atoms with Crippen molar-refractivity contribution in [2.24, 2.45) is 5.92 Å². The minimum absolute atomic E-state index is 0.0985. The molecule has 0 saturated carbocycles. The highest BCUT2D eigenvalue weighted by Gasteiger charge is 2.31. The standard InChI is InChI=1S/C23H22BrNO2/c24-21-11-4-3-9-20(21)22(25-14-12-17(13-15-25)23(26)27)19-10-5-7-16-6-1-2-8-18(16)19/h1-11,17,22H,12-15H2,(H,26,27). The lowest BCUT2D eigenvalue weighted by Crippen LogP contribution is -2.39. The van der Waals surface area contributed by atoms with Gasteiger partial charge in [0, 0.05) is 4.47 Å². The van der Waals surface area contributed by atoms with Crippen molar-refractivity contribution in [3.63, 3.8) is 0 Å². The van der Waals surface area contributed by atoms with Gasteiger partial charge in [0.15, 0.2) is 0 Å². The first-order valence-electron chi connectivity index (χ1n) is 9.34. The van der Waals surface area contributed by atoms with Crippen LogP contribution in [0.2, 0.25) is 0 Å². The van der Waals surface area contributed by atoms with Crippen LogP contribution >= 0.6 is 15.9 Å². The lowest BCUT2D eigenvalue weighted by molar-refractivity contribution is -0.143. The third-order valence-electron chi connectivity index (χ3n) is 5.56. The van der Waals surface area contributed by atoms with Crippen molar-refractivity contribution >= 4 is 32.7 Å². The number of nitrogens with zero attached hydrogens (tertiary/aromatic N) is 1. The van der Waals surface area contributed by atoms with Crippen LogP contribution in [0, 0.1) is 5.92 Å². The highest BCUT2D eigenvalue weighted by atomic mass is 79.9. The second-order valence-corrected chi connectivity index (χ2v) is 8.00. The zero-order valence-electron chi connectivity index (χ0n) is 15.0. The van der Waals surface area contributed by atoms with E-state index in [1.54, 1.807) is 0 Å². The molecule has 4 heteroatoms. The fourth-order valence-electron chi connectivity index (χ4n) is 4.15. The first kappa shape index (κ1) is 18.2. The van der Waals surface area contributed by atoms with Crippen molar-refractivity contribution in [2.45, 2.75) is 18.9 Å². The summed E-state index contributed by atoms with van der Waals surface area (Å²) in [4.78, 5) is 13.8. The average molecular weight is 424 g/mol. The van der Waals surface area contributed by atoms with Gasteiger partial charge in [0.1, 0.15) is 0 Å². The maximum Gasteiger partial charge on any atom is 0.306 e. The van der Waals surface area contributed by atoms with Crippen molar-refractivity contribution in [3.05, 3.63) is 82.3 Å². The van der Waals surface area contributed by atoms with Gasteiger partial charge in [0.05, 0.1) is 12.0 Å². The van der Waals surface area contributed by atoms with E-state index in [1.807, 2.05) is 6.07 Å². The van der Waals surface area contributed by atoms with Crippen LogP contribution in [0.1, 0.15) is 30.0 Å². The maximum absolute atomic E-state index is 11.4. The number of benzene rings is 3. The molecule has 1 saturated heterocycles. The number of halogens is 1. The molecule has 0 radical (unpaired) electrons. The van der Waals surface area contributed by atoms with E-state index in [-0.39, 0.29) is 12.0 Å². The lowest BCUT2D eigenvalue weighted by Gasteiger charge is -2.38. The van der Waals surface area contributed by atoms with Crippen LogP contribution in [0.15, 0.2) is 71.2 Å². The largest absolute Gasteiger partial charge is 0.481 e. The first-order valence-corrected chi connectivity index (χ1v) is 10.1. The van der Waals surface area contributed by atoms with Crippen LogP contribution in [0.5, 0.6) is 0 Å². The number of carboxylic acid groups (broad SMARTS) is 1. The van der Waals surface area contributed by atoms with Crippen LogP contribution in [0.4, 0.5) is 0 Å². The number of rotatable bonds is 4. The maximum atomic E-state index is 11.4. The summed E-state index contributed by atoms with van der Waals surface area (Å²) in [5.74, 6) is -0.897. The van der Waals surface area contributed by atoms with Gasteiger partial charge in [-0.3, -0.25) is 9.69 Å². The predicted octanol–water partition coefficient (Wildman–Crippen LogP) is 5.49. The molecule has 1 aliphatic heterocycles. The number of aliphatic carboxylic acids is 1. The van der Waals surface area contributed by atoms with Crippen molar-refractivity contribution < 1.29 is 9.90 Å². The van der Waals surface area contributed by atoms with E-state index in [0.717, 1.165) is 17.6 Å². The van der Waals surface area contributed by atoms with Gasteiger partial charge in [-0.1, -0.05) is 76.6 Å². The lowest BCUT2D eigenvalue weighted by atomic mass is 9.89. The SMILES string of the molecule is O=C(O)C1CCN(C(c2ccccc2Br)c2cccc3ccccc23)CC1. The summed E-state index contributed by atoms with van der Waals surface area (Å²) in [5, 5.41) is 11.8. The van der Waals surface area contributed by atoms with Crippen molar-refractivity contribution in [1.82, 2.24) is 4.90 Å². The van der Waals surface area contributed by atoms with Gasteiger partial charge in [-0.05, 0) is 53.9 Å². The molecule has 3 aromatic carbocycles.